The van der Waals surface area contributed by atoms with Crippen LogP contribution in [0.3, 0.4) is 0 Å². The van der Waals surface area contributed by atoms with Crippen molar-refractivity contribution in [1.29, 1.82) is 0 Å². The van der Waals surface area contributed by atoms with Gasteiger partial charge in [-0.15, -0.1) is 0 Å². The maximum Gasteiger partial charge on any atom is 0.463 e. The summed E-state index contributed by atoms with van der Waals surface area (Å²) in [4.78, 5) is 0. The van der Waals surface area contributed by atoms with Crippen molar-refractivity contribution in [2.45, 2.75) is 39.4 Å². The fourth-order valence-electron chi connectivity index (χ4n) is 1.19. The first-order valence-electron chi connectivity index (χ1n) is 4.78. The second-order valence-corrected chi connectivity index (χ2v) is 4.40. The van der Waals surface area contributed by atoms with E-state index in [1.165, 1.54) is 0 Å². The van der Waals surface area contributed by atoms with Crippen LogP contribution in [0.2, 0.25) is 5.31 Å². The van der Waals surface area contributed by atoms with Gasteiger partial charge in [-0.25, -0.2) is 0 Å². The molecule has 1 saturated heterocycles. The molecule has 1 heterocycles. The summed E-state index contributed by atoms with van der Waals surface area (Å²) in [7, 11) is -0.00810. The maximum atomic E-state index is 5.58. The molecule has 1 aliphatic heterocycles. The smallest absolute Gasteiger partial charge is 0.411 e. The van der Waals surface area contributed by atoms with E-state index in [1.54, 1.807) is 0 Å². The van der Waals surface area contributed by atoms with Gasteiger partial charge in [-0.1, -0.05) is 27.7 Å². The fraction of sp³-hybridized carbons (Fsp3) is 1.00. The Morgan fingerprint density at radius 2 is 1.67 bits per heavy atom. The Kier molecular flexibility index (Phi) is 3.19. The second kappa shape index (κ2) is 3.80. The summed E-state index contributed by atoms with van der Waals surface area (Å²) in [5, 5.41) is 0.125. The average molecular weight is 170 g/mol. The van der Waals surface area contributed by atoms with Crippen molar-refractivity contribution < 1.29 is 9.31 Å². The minimum Gasteiger partial charge on any atom is -0.411 e. The largest absolute Gasteiger partial charge is 0.463 e. The summed E-state index contributed by atoms with van der Waals surface area (Å²) in [5.74, 6) is 0.584. The van der Waals surface area contributed by atoms with Crippen LogP contribution in [0.4, 0.5) is 0 Å². The Hall–Kier alpha value is -0.0151. The first-order chi connectivity index (χ1) is 5.55. The summed E-state index contributed by atoms with van der Waals surface area (Å²) in [6, 6.07) is 0. The van der Waals surface area contributed by atoms with Gasteiger partial charge in [0, 0.05) is 18.5 Å². The summed E-state index contributed by atoms with van der Waals surface area (Å²) in [6.45, 7) is 10.5. The van der Waals surface area contributed by atoms with E-state index >= 15 is 0 Å². The molecule has 0 radical (unpaired) electrons. The predicted molar refractivity (Wildman–Crippen MR) is 51.2 cm³/mol. The summed E-state index contributed by atoms with van der Waals surface area (Å²) < 4.78 is 11.2. The van der Waals surface area contributed by atoms with Gasteiger partial charge in [0.1, 0.15) is 0 Å². The van der Waals surface area contributed by atoms with Gasteiger partial charge in [0.05, 0.1) is 0 Å². The number of hydrogen-bond acceptors (Lipinski definition) is 2. The quantitative estimate of drug-likeness (QED) is 0.592. The molecule has 70 valence electrons. The van der Waals surface area contributed by atoms with Gasteiger partial charge in [0.15, 0.2) is 0 Å². The van der Waals surface area contributed by atoms with Crippen LogP contribution < -0.4 is 0 Å². The molecule has 0 atom stereocenters. The highest BCUT2D eigenvalue weighted by molar-refractivity contribution is 6.48. The summed E-state index contributed by atoms with van der Waals surface area (Å²) >= 11 is 0. The van der Waals surface area contributed by atoms with Gasteiger partial charge in [0.25, 0.3) is 0 Å². The van der Waals surface area contributed by atoms with Crippen LogP contribution in [0.25, 0.3) is 0 Å². The molecule has 0 unspecified atom stereocenters. The SMILES string of the molecule is CC(C)C(C)(C)B1OCCCO1. The van der Waals surface area contributed by atoms with Crippen molar-refractivity contribution in [3.63, 3.8) is 0 Å². The second-order valence-electron chi connectivity index (χ2n) is 4.40. The van der Waals surface area contributed by atoms with Crippen molar-refractivity contribution >= 4 is 7.12 Å². The van der Waals surface area contributed by atoms with Gasteiger partial charge in [-0.2, -0.15) is 0 Å². The van der Waals surface area contributed by atoms with Crippen LogP contribution >= 0.6 is 0 Å². The van der Waals surface area contributed by atoms with Gasteiger partial charge in [0.2, 0.25) is 0 Å². The van der Waals surface area contributed by atoms with E-state index in [9.17, 15) is 0 Å². The van der Waals surface area contributed by atoms with E-state index in [0.29, 0.717) is 5.92 Å². The maximum absolute atomic E-state index is 5.58. The number of hydrogen-bond donors (Lipinski definition) is 0. The Morgan fingerprint density at radius 1 is 1.17 bits per heavy atom. The molecule has 0 saturated carbocycles. The first kappa shape index (κ1) is 10.1. The molecular weight excluding hydrogens is 151 g/mol. The summed E-state index contributed by atoms with van der Waals surface area (Å²) in [5.41, 5.74) is 0. The Labute approximate surface area is 75.8 Å². The van der Waals surface area contributed by atoms with Crippen molar-refractivity contribution in [3.05, 3.63) is 0 Å². The zero-order valence-corrected chi connectivity index (χ0v) is 8.59. The van der Waals surface area contributed by atoms with Crippen LogP contribution in [-0.4, -0.2) is 20.3 Å². The highest BCUT2D eigenvalue weighted by Crippen LogP contribution is 2.38. The van der Waals surface area contributed by atoms with E-state index in [0.717, 1.165) is 19.6 Å². The molecule has 0 bridgehead atoms. The monoisotopic (exact) mass is 170 g/mol. The lowest BCUT2D eigenvalue weighted by atomic mass is 9.54. The molecule has 0 aromatic rings. The van der Waals surface area contributed by atoms with Crippen LogP contribution in [0.1, 0.15) is 34.1 Å². The van der Waals surface area contributed by atoms with Crippen LogP contribution in [0.5, 0.6) is 0 Å². The Bertz CT molecular complexity index is 139. The summed E-state index contributed by atoms with van der Waals surface area (Å²) in [6.07, 6.45) is 1.03. The minimum atomic E-state index is -0.00810. The molecule has 0 aliphatic carbocycles. The Morgan fingerprint density at radius 3 is 2.08 bits per heavy atom. The zero-order chi connectivity index (χ0) is 9.19. The third-order valence-corrected chi connectivity index (χ3v) is 2.92. The van der Waals surface area contributed by atoms with E-state index in [4.69, 9.17) is 9.31 Å². The van der Waals surface area contributed by atoms with Crippen LogP contribution in [0.15, 0.2) is 0 Å². The Balaban J connectivity index is 2.53. The van der Waals surface area contributed by atoms with Crippen molar-refractivity contribution in [3.8, 4) is 0 Å². The minimum absolute atomic E-state index is 0.00810. The third kappa shape index (κ3) is 2.02. The highest BCUT2D eigenvalue weighted by atomic mass is 16.6. The lowest BCUT2D eigenvalue weighted by Gasteiger charge is -2.35. The number of rotatable bonds is 2. The van der Waals surface area contributed by atoms with Crippen molar-refractivity contribution in [1.82, 2.24) is 0 Å². The molecule has 0 N–H and O–H groups in total. The zero-order valence-electron chi connectivity index (χ0n) is 8.59. The lowest BCUT2D eigenvalue weighted by Crippen LogP contribution is -2.41. The normalized spacial score (nSPS) is 20.2. The van der Waals surface area contributed by atoms with E-state index < -0.39 is 0 Å². The lowest BCUT2D eigenvalue weighted by molar-refractivity contribution is 0.109. The highest BCUT2D eigenvalue weighted by Gasteiger charge is 2.41. The van der Waals surface area contributed by atoms with Crippen LogP contribution in [0, 0.1) is 5.92 Å². The van der Waals surface area contributed by atoms with Crippen LogP contribution in [-0.2, 0) is 9.31 Å². The molecule has 3 heteroatoms. The van der Waals surface area contributed by atoms with E-state index in [-0.39, 0.29) is 12.4 Å². The average Bonchev–Trinajstić information content (AvgIpc) is 2.06. The van der Waals surface area contributed by atoms with Crippen molar-refractivity contribution in [2.75, 3.05) is 13.2 Å². The fourth-order valence-corrected chi connectivity index (χ4v) is 1.19. The van der Waals surface area contributed by atoms with Gasteiger partial charge in [-0.05, 0) is 12.3 Å². The molecule has 12 heavy (non-hydrogen) atoms. The standard InChI is InChI=1S/C9H19BO2/c1-8(2)9(3,4)10-11-6-5-7-12-10/h8H,5-7H2,1-4H3. The first-order valence-corrected chi connectivity index (χ1v) is 4.78. The van der Waals surface area contributed by atoms with Crippen molar-refractivity contribution in [2.24, 2.45) is 5.92 Å². The molecule has 1 rings (SSSR count). The molecular formula is C9H19BO2. The molecule has 0 spiro atoms. The van der Waals surface area contributed by atoms with Gasteiger partial charge >= 0.3 is 7.12 Å². The van der Waals surface area contributed by atoms with Gasteiger partial charge < -0.3 is 9.31 Å². The predicted octanol–water partition coefficient (Wildman–Crippen LogP) is 2.35. The van der Waals surface area contributed by atoms with Gasteiger partial charge in [-0.3, -0.25) is 0 Å². The van der Waals surface area contributed by atoms with E-state index in [1.807, 2.05) is 0 Å². The molecule has 1 fully saturated rings. The third-order valence-electron chi connectivity index (χ3n) is 2.92. The molecule has 2 nitrogen and oxygen atoms in total. The topological polar surface area (TPSA) is 18.5 Å². The molecule has 0 aromatic carbocycles. The van der Waals surface area contributed by atoms with E-state index in [2.05, 4.69) is 27.7 Å². The molecule has 0 amide bonds. The molecule has 0 aromatic heterocycles. The molecule has 1 aliphatic rings.